The molecular weight excluding hydrogens is 388 g/mol. The van der Waals surface area contributed by atoms with Gasteiger partial charge in [0.15, 0.2) is 0 Å². The van der Waals surface area contributed by atoms with Gasteiger partial charge in [0.05, 0.1) is 10.6 Å². The molecule has 3 aromatic rings. The number of amides is 1. The third kappa shape index (κ3) is 4.33. The Labute approximate surface area is 170 Å². The van der Waals surface area contributed by atoms with E-state index in [2.05, 4.69) is 10.3 Å². The lowest BCUT2D eigenvalue weighted by Crippen LogP contribution is -2.43. The molecule has 8 heteroatoms. The van der Waals surface area contributed by atoms with Crippen LogP contribution in [0.2, 0.25) is 0 Å². The van der Waals surface area contributed by atoms with Crippen LogP contribution in [-0.4, -0.2) is 47.6 Å². The fourth-order valence-electron chi connectivity index (χ4n) is 3.67. The molecule has 1 aliphatic heterocycles. The number of pyridine rings is 1. The first kappa shape index (κ1) is 19.6. The third-order valence-electron chi connectivity index (χ3n) is 5.30. The van der Waals surface area contributed by atoms with Crippen molar-refractivity contribution in [1.82, 2.24) is 19.0 Å². The number of sulfonamides is 1. The molecule has 0 bridgehead atoms. The molecule has 0 atom stereocenters. The summed E-state index contributed by atoms with van der Waals surface area (Å²) in [7, 11) is -3.49. The summed E-state index contributed by atoms with van der Waals surface area (Å²) < 4.78 is 28.8. The molecule has 0 aliphatic carbocycles. The molecule has 0 spiro atoms. The van der Waals surface area contributed by atoms with Crippen molar-refractivity contribution in [2.75, 3.05) is 19.6 Å². The fourth-order valence-corrected chi connectivity index (χ4v) is 5.16. The normalized spacial score (nSPS) is 16.1. The lowest BCUT2D eigenvalue weighted by atomic mass is 9.97. The zero-order chi connectivity index (χ0) is 20.3. The maximum atomic E-state index is 12.7. The second-order valence-corrected chi connectivity index (χ2v) is 9.17. The first-order valence-electron chi connectivity index (χ1n) is 9.79. The SMILES string of the molecule is O=C(NCCc1cn2ccccc2n1)C1CCN(S(=O)(=O)c2ccccc2)CC1. The van der Waals surface area contributed by atoms with E-state index < -0.39 is 10.0 Å². The Morgan fingerprint density at radius 3 is 2.52 bits per heavy atom. The Kier molecular flexibility index (Phi) is 5.64. The van der Waals surface area contributed by atoms with Crippen LogP contribution in [0.15, 0.2) is 65.8 Å². The summed E-state index contributed by atoms with van der Waals surface area (Å²) >= 11 is 0. The highest BCUT2D eigenvalue weighted by Crippen LogP contribution is 2.23. The Hall–Kier alpha value is -2.71. The molecule has 0 unspecified atom stereocenters. The first-order chi connectivity index (χ1) is 14.0. The topological polar surface area (TPSA) is 83.8 Å². The van der Waals surface area contributed by atoms with Crippen molar-refractivity contribution in [1.29, 1.82) is 0 Å². The molecule has 7 nitrogen and oxygen atoms in total. The summed E-state index contributed by atoms with van der Waals surface area (Å²) in [6.07, 6.45) is 5.64. The number of carbonyl (C=O) groups is 1. The average Bonchev–Trinajstić information content (AvgIpc) is 3.17. The summed E-state index contributed by atoms with van der Waals surface area (Å²) in [5.74, 6) is -0.163. The van der Waals surface area contributed by atoms with Gasteiger partial charge in [-0.1, -0.05) is 24.3 Å². The molecular formula is C21H24N4O3S. The van der Waals surface area contributed by atoms with Crippen LogP contribution < -0.4 is 5.32 Å². The summed E-state index contributed by atoms with van der Waals surface area (Å²) in [6.45, 7) is 1.24. The molecule has 152 valence electrons. The minimum absolute atomic E-state index is 0.00877. The molecule has 1 N–H and O–H groups in total. The molecule has 29 heavy (non-hydrogen) atoms. The molecule has 1 aromatic carbocycles. The van der Waals surface area contributed by atoms with Crippen LogP contribution in [0.25, 0.3) is 5.65 Å². The highest BCUT2D eigenvalue weighted by atomic mass is 32.2. The van der Waals surface area contributed by atoms with Gasteiger partial charge in [-0.3, -0.25) is 4.79 Å². The number of benzene rings is 1. The van der Waals surface area contributed by atoms with Crippen LogP contribution in [0.5, 0.6) is 0 Å². The number of nitrogens with one attached hydrogen (secondary N) is 1. The zero-order valence-corrected chi connectivity index (χ0v) is 16.9. The number of piperidine rings is 1. The van der Waals surface area contributed by atoms with E-state index in [-0.39, 0.29) is 11.8 Å². The summed E-state index contributed by atoms with van der Waals surface area (Å²) in [5.41, 5.74) is 1.82. The highest BCUT2D eigenvalue weighted by molar-refractivity contribution is 7.89. The summed E-state index contributed by atoms with van der Waals surface area (Å²) in [5, 5.41) is 2.97. The van der Waals surface area contributed by atoms with Crippen LogP contribution in [-0.2, 0) is 21.2 Å². The Balaban J connectivity index is 1.27. The van der Waals surface area contributed by atoms with Gasteiger partial charge in [-0.05, 0) is 37.1 Å². The number of rotatable bonds is 6. The van der Waals surface area contributed by atoms with E-state index in [1.54, 1.807) is 30.3 Å². The lowest BCUT2D eigenvalue weighted by molar-refractivity contribution is -0.126. The number of carbonyl (C=O) groups excluding carboxylic acids is 1. The molecule has 4 rings (SSSR count). The number of hydrogen-bond donors (Lipinski definition) is 1. The van der Waals surface area contributed by atoms with Crippen LogP contribution in [0.4, 0.5) is 0 Å². The second-order valence-electron chi connectivity index (χ2n) is 7.23. The number of imidazole rings is 1. The summed E-state index contributed by atoms with van der Waals surface area (Å²) in [4.78, 5) is 17.3. The van der Waals surface area contributed by atoms with Crippen molar-refractivity contribution in [2.45, 2.75) is 24.2 Å². The molecule has 1 amide bonds. The van der Waals surface area contributed by atoms with Gasteiger partial charge in [-0.2, -0.15) is 4.31 Å². The molecule has 1 saturated heterocycles. The van der Waals surface area contributed by atoms with Gasteiger partial charge in [-0.25, -0.2) is 13.4 Å². The largest absolute Gasteiger partial charge is 0.355 e. The standard InChI is InChI=1S/C21H24N4O3S/c26-21(22-12-9-18-16-24-13-5-4-8-20(24)23-18)17-10-14-25(15-11-17)29(27,28)19-6-2-1-3-7-19/h1-8,13,16-17H,9-12,14-15H2,(H,22,26). The van der Waals surface area contributed by atoms with Crippen LogP contribution in [0.1, 0.15) is 18.5 Å². The van der Waals surface area contributed by atoms with Gasteiger partial charge in [0.2, 0.25) is 15.9 Å². The monoisotopic (exact) mass is 412 g/mol. The van der Waals surface area contributed by atoms with Gasteiger partial charge < -0.3 is 9.72 Å². The molecule has 1 aliphatic rings. The highest BCUT2D eigenvalue weighted by Gasteiger charge is 2.31. The average molecular weight is 413 g/mol. The molecule has 0 radical (unpaired) electrons. The van der Waals surface area contributed by atoms with Crippen molar-refractivity contribution in [3.8, 4) is 0 Å². The smallest absolute Gasteiger partial charge is 0.243 e. The summed E-state index contributed by atoms with van der Waals surface area (Å²) in [6, 6.07) is 14.3. The van der Waals surface area contributed by atoms with Crippen LogP contribution in [0.3, 0.4) is 0 Å². The van der Waals surface area contributed by atoms with Gasteiger partial charge in [0.25, 0.3) is 0 Å². The van der Waals surface area contributed by atoms with E-state index in [9.17, 15) is 13.2 Å². The van der Waals surface area contributed by atoms with Crippen molar-refractivity contribution in [3.63, 3.8) is 0 Å². The quantitative estimate of drug-likeness (QED) is 0.672. The van der Waals surface area contributed by atoms with E-state index in [4.69, 9.17) is 0 Å². The predicted molar refractivity (Wildman–Crippen MR) is 110 cm³/mol. The van der Waals surface area contributed by atoms with Crippen LogP contribution in [0, 0.1) is 5.92 Å². The maximum Gasteiger partial charge on any atom is 0.243 e. The maximum absolute atomic E-state index is 12.7. The predicted octanol–water partition coefficient (Wildman–Crippen LogP) is 2.09. The van der Waals surface area contributed by atoms with Gasteiger partial charge >= 0.3 is 0 Å². The number of aromatic nitrogens is 2. The van der Waals surface area contributed by atoms with E-state index in [1.807, 2.05) is 35.0 Å². The molecule has 3 heterocycles. The number of fused-ring (bicyclic) bond motifs is 1. The zero-order valence-electron chi connectivity index (χ0n) is 16.1. The minimum atomic E-state index is -3.49. The van der Waals surface area contributed by atoms with Crippen molar-refractivity contribution in [2.24, 2.45) is 5.92 Å². The first-order valence-corrected chi connectivity index (χ1v) is 11.2. The van der Waals surface area contributed by atoms with Crippen molar-refractivity contribution < 1.29 is 13.2 Å². The van der Waals surface area contributed by atoms with E-state index in [0.29, 0.717) is 43.8 Å². The Morgan fingerprint density at radius 2 is 1.79 bits per heavy atom. The Morgan fingerprint density at radius 1 is 1.07 bits per heavy atom. The van der Waals surface area contributed by atoms with E-state index >= 15 is 0 Å². The Bertz CT molecular complexity index is 1050. The van der Waals surface area contributed by atoms with Gasteiger partial charge in [0.1, 0.15) is 5.65 Å². The second kappa shape index (κ2) is 8.34. The third-order valence-corrected chi connectivity index (χ3v) is 7.21. The minimum Gasteiger partial charge on any atom is -0.355 e. The lowest BCUT2D eigenvalue weighted by Gasteiger charge is -2.30. The fraction of sp³-hybridized carbons (Fsp3) is 0.333. The van der Waals surface area contributed by atoms with E-state index in [0.717, 1.165) is 11.3 Å². The van der Waals surface area contributed by atoms with Gasteiger partial charge in [-0.15, -0.1) is 0 Å². The molecule has 0 saturated carbocycles. The molecule has 2 aromatic heterocycles. The van der Waals surface area contributed by atoms with Crippen molar-refractivity contribution >= 4 is 21.6 Å². The molecule has 1 fully saturated rings. The van der Waals surface area contributed by atoms with E-state index in [1.165, 1.54) is 4.31 Å². The van der Waals surface area contributed by atoms with Crippen LogP contribution >= 0.6 is 0 Å². The van der Waals surface area contributed by atoms with Crippen molar-refractivity contribution in [3.05, 3.63) is 66.6 Å². The van der Waals surface area contributed by atoms with Gasteiger partial charge in [0, 0.05) is 44.4 Å². The number of nitrogens with zero attached hydrogens (tertiary/aromatic N) is 3. The number of hydrogen-bond acceptors (Lipinski definition) is 4.